The molecule has 174 valence electrons. The summed E-state index contributed by atoms with van der Waals surface area (Å²) in [5.74, 6) is -1.30. The Kier molecular flexibility index (Phi) is 9.29. The molecular formula is C20H26N4O6S2. The van der Waals surface area contributed by atoms with E-state index < -0.39 is 40.3 Å². The van der Waals surface area contributed by atoms with Crippen molar-refractivity contribution in [1.82, 2.24) is 20.5 Å². The third-order valence-corrected chi connectivity index (χ3v) is 6.86. The molecule has 3 N–H and O–H groups in total. The van der Waals surface area contributed by atoms with Crippen molar-refractivity contribution in [3.8, 4) is 0 Å². The monoisotopic (exact) mass is 482 g/mol. The van der Waals surface area contributed by atoms with Gasteiger partial charge in [-0.2, -0.15) is 16.1 Å². The van der Waals surface area contributed by atoms with E-state index in [1.165, 1.54) is 43.3 Å². The van der Waals surface area contributed by atoms with Gasteiger partial charge in [0, 0.05) is 7.05 Å². The molecule has 12 heteroatoms. The summed E-state index contributed by atoms with van der Waals surface area (Å²) in [6.07, 6.45) is 3.51. The molecule has 0 radical (unpaired) electrons. The third kappa shape index (κ3) is 7.11. The molecule has 0 saturated carbocycles. The fourth-order valence-corrected chi connectivity index (χ4v) is 4.18. The Bertz CT molecular complexity index is 1020. The molecule has 0 bridgehead atoms. The van der Waals surface area contributed by atoms with Crippen LogP contribution in [0.4, 0.5) is 0 Å². The number of thioether (sulfide) groups is 1. The topological polar surface area (TPSA) is 138 Å². The molecule has 0 aliphatic carbocycles. The van der Waals surface area contributed by atoms with Gasteiger partial charge in [-0.15, -0.1) is 0 Å². The van der Waals surface area contributed by atoms with Crippen molar-refractivity contribution >= 4 is 39.5 Å². The van der Waals surface area contributed by atoms with Gasteiger partial charge in [0.1, 0.15) is 6.04 Å². The molecule has 1 heterocycles. The van der Waals surface area contributed by atoms with Gasteiger partial charge in [-0.3, -0.25) is 25.2 Å². The van der Waals surface area contributed by atoms with E-state index in [1.54, 1.807) is 18.2 Å². The van der Waals surface area contributed by atoms with Gasteiger partial charge >= 0.3 is 0 Å². The van der Waals surface area contributed by atoms with E-state index in [9.17, 15) is 22.8 Å². The molecule has 0 spiro atoms. The molecule has 1 aromatic heterocycles. The molecule has 1 atom stereocenters. The van der Waals surface area contributed by atoms with Crippen LogP contribution in [0.5, 0.6) is 0 Å². The Morgan fingerprint density at radius 2 is 1.81 bits per heavy atom. The van der Waals surface area contributed by atoms with E-state index in [0.717, 1.165) is 9.87 Å². The minimum Gasteiger partial charge on any atom is -0.459 e. The number of hydrogen-bond acceptors (Lipinski definition) is 7. The number of benzene rings is 1. The summed E-state index contributed by atoms with van der Waals surface area (Å²) in [5, 5.41) is 2.55. The molecule has 32 heavy (non-hydrogen) atoms. The first-order valence-corrected chi connectivity index (χ1v) is 12.4. The largest absolute Gasteiger partial charge is 0.459 e. The van der Waals surface area contributed by atoms with Gasteiger partial charge in [0.25, 0.3) is 17.7 Å². The lowest BCUT2D eigenvalue weighted by atomic mass is 10.2. The van der Waals surface area contributed by atoms with Crippen molar-refractivity contribution in [3.05, 3.63) is 54.0 Å². The van der Waals surface area contributed by atoms with E-state index in [2.05, 4.69) is 16.2 Å². The van der Waals surface area contributed by atoms with Crippen LogP contribution in [0.15, 0.2) is 52.0 Å². The van der Waals surface area contributed by atoms with Crippen molar-refractivity contribution in [2.45, 2.75) is 24.3 Å². The van der Waals surface area contributed by atoms with Crippen LogP contribution < -0.4 is 16.2 Å². The number of furan rings is 1. The standard InChI is InChI=1S/C20H26N4O6S2/c1-14-6-8-15(9-7-14)32(28,29)24(2)13-18(25)22-23-19(26)16(10-12-31-3)21-20(27)17-5-4-11-30-17/h4-9,11,16H,10,12-13H2,1-3H3,(H,21,27)(H,22,25)(H,23,26). The Balaban J connectivity index is 1.92. The van der Waals surface area contributed by atoms with E-state index in [4.69, 9.17) is 4.42 Å². The fraction of sp³-hybridized carbons (Fsp3) is 0.350. The summed E-state index contributed by atoms with van der Waals surface area (Å²) >= 11 is 1.49. The Morgan fingerprint density at radius 3 is 2.41 bits per heavy atom. The molecule has 3 amide bonds. The number of amides is 3. The molecular weight excluding hydrogens is 456 g/mol. The van der Waals surface area contributed by atoms with Crippen LogP contribution in [0.3, 0.4) is 0 Å². The summed E-state index contributed by atoms with van der Waals surface area (Å²) in [5.41, 5.74) is 5.32. The van der Waals surface area contributed by atoms with Gasteiger partial charge in [0.05, 0.1) is 17.7 Å². The lowest BCUT2D eigenvalue weighted by molar-refractivity contribution is -0.129. The van der Waals surface area contributed by atoms with Crippen molar-refractivity contribution in [2.75, 3.05) is 25.6 Å². The van der Waals surface area contributed by atoms with Gasteiger partial charge in [0.2, 0.25) is 10.0 Å². The first kappa shape index (κ1) is 25.4. The summed E-state index contributed by atoms with van der Waals surface area (Å²) in [7, 11) is -2.60. The van der Waals surface area contributed by atoms with Crippen molar-refractivity contribution in [3.63, 3.8) is 0 Å². The van der Waals surface area contributed by atoms with Crippen LogP contribution in [-0.2, 0) is 19.6 Å². The average molecular weight is 483 g/mol. The smallest absolute Gasteiger partial charge is 0.287 e. The number of likely N-dealkylation sites (N-methyl/N-ethyl adjacent to an activating group) is 1. The number of carbonyl (C=O) groups is 3. The van der Waals surface area contributed by atoms with E-state index in [0.29, 0.717) is 12.2 Å². The second-order valence-corrected chi connectivity index (χ2v) is 9.93. The highest BCUT2D eigenvalue weighted by Gasteiger charge is 2.25. The fourth-order valence-electron chi connectivity index (χ4n) is 2.58. The third-order valence-electron chi connectivity index (χ3n) is 4.40. The molecule has 0 fully saturated rings. The number of nitrogens with zero attached hydrogens (tertiary/aromatic N) is 1. The molecule has 0 aliphatic heterocycles. The van der Waals surface area contributed by atoms with Gasteiger partial charge in [-0.25, -0.2) is 8.42 Å². The van der Waals surface area contributed by atoms with E-state index in [-0.39, 0.29) is 10.7 Å². The number of hydrazine groups is 1. The molecule has 2 rings (SSSR count). The first-order chi connectivity index (χ1) is 15.1. The zero-order valence-corrected chi connectivity index (χ0v) is 19.6. The minimum absolute atomic E-state index is 0.0546. The van der Waals surface area contributed by atoms with Crippen LogP contribution in [0, 0.1) is 6.92 Å². The Hall–Kier alpha value is -2.83. The maximum absolute atomic E-state index is 12.6. The van der Waals surface area contributed by atoms with Crippen LogP contribution in [-0.4, -0.2) is 62.1 Å². The van der Waals surface area contributed by atoms with E-state index in [1.807, 2.05) is 13.2 Å². The van der Waals surface area contributed by atoms with Gasteiger partial charge in [0.15, 0.2) is 5.76 Å². The lowest BCUT2D eigenvalue weighted by Gasteiger charge is -2.19. The van der Waals surface area contributed by atoms with Crippen LogP contribution in [0.25, 0.3) is 0 Å². The van der Waals surface area contributed by atoms with Gasteiger partial charge in [-0.1, -0.05) is 17.7 Å². The summed E-state index contributed by atoms with van der Waals surface area (Å²) in [6, 6.07) is 8.32. The predicted molar refractivity (Wildman–Crippen MR) is 120 cm³/mol. The highest BCUT2D eigenvalue weighted by Crippen LogP contribution is 2.14. The number of rotatable bonds is 10. The molecule has 2 aromatic rings. The zero-order chi connectivity index (χ0) is 23.7. The maximum atomic E-state index is 12.6. The van der Waals surface area contributed by atoms with Crippen LogP contribution in [0.2, 0.25) is 0 Å². The summed E-state index contributed by atoms with van der Waals surface area (Å²) in [6.45, 7) is 1.32. The molecule has 10 nitrogen and oxygen atoms in total. The van der Waals surface area contributed by atoms with Crippen molar-refractivity contribution in [1.29, 1.82) is 0 Å². The Labute approximate surface area is 191 Å². The lowest BCUT2D eigenvalue weighted by Crippen LogP contribution is -2.54. The normalized spacial score (nSPS) is 12.2. The highest BCUT2D eigenvalue weighted by molar-refractivity contribution is 7.98. The second-order valence-electron chi connectivity index (χ2n) is 6.90. The summed E-state index contributed by atoms with van der Waals surface area (Å²) in [4.78, 5) is 36.9. The number of carbonyl (C=O) groups excluding carboxylic acids is 3. The minimum atomic E-state index is -3.87. The number of aryl methyl sites for hydroxylation is 1. The number of nitrogens with one attached hydrogen (secondary N) is 3. The highest BCUT2D eigenvalue weighted by atomic mass is 32.2. The maximum Gasteiger partial charge on any atom is 0.287 e. The molecule has 0 saturated heterocycles. The second kappa shape index (κ2) is 11.7. The number of sulfonamides is 1. The van der Waals surface area contributed by atoms with Crippen molar-refractivity contribution in [2.24, 2.45) is 0 Å². The summed E-state index contributed by atoms with van der Waals surface area (Å²) < 4.78 is 31.0. The molecule has 1 unspecified atom stereocenters. The average Bonchev–Trinajstić information content (AvgIpc) is 3.30. The Morgan fingerprint density at radius 1 is 1.12 bits per heavy atom. The number of hydrogen-bond donors (Lipinski definition) is 3. The predicted octanol–water partition coefficient (Wildman–Crippen LogP) is 0.908. The van der Waals surface area contributed by atoms with E-state index >= 15 is 0 Å². The van der Waals surface area contributed by atoms with Crippen LogP contribution >= 0.6 is 11.8 Å². The van der Waals surface area contributed by atoms with Gasteiger partial charge in [-0.05, 0) is 49.6 Å². The van der Waals surface area contributed by atoms with Gasteiger partial charge < -0.3 is 9.73 Å². The zero-order valence-electron chi connectivity index (χ0n) is 18.0. The van der Waals surface area contributed by atoms with Crippen LogP contribution in [0.1, 0.15) is 22.5 Å². The van der Waals surface area contributed by atoms with Crippen molar-refractivity contribution < 1.29 is 27.2 Å². The first-order valence-electron chi connectivity index (χ1n) is 9.60. The molecule has 0 aliphatic rings. The quantitative estimate of drug-likeness (QED) is 0.428. The SMILES string of the molecule is CSCCC(NC(=O)c1ccco1)C(=O)NNC(=O)CN(C)S(=O)(=O)c1ccc(C)cc1. The molecule has 1 aromatic carbocycles.